The molecule has 1 aromatic rings. The number of oxazole rings is 1. The number of hydrogen-bond acceptors (Lipinski definition) is 4. The number of nitrogens with one attached hydrogen (secondary N) is 1. The fourth-order valence-electron chi connectivity index (χ4n) is 1.44. The topological polar surface area (TPSA) is 47.3 Å². The minimum absolute atomic E-state index is 0.401. The van der Waals surface area contributed by atoms with Gasteiger partial charge in [0, 0.05) is 19.6 Å². The maximum absolute atomic E-state index is 5.68. The highest BCUT2D eigenvalue weighted by Crippen LogP contribution is 2.24. The smallest absolute Gasteiger partial charge is 0.194 e. The van der Waals surface area contributed by atoms with Gasteiger partial charge in [0.1, 0.15) is 5.60 Å². The Labute approximate surface area is 104 Å². The van der Waals surface area contributed by atoms with Crippen molar-refractivity contribution in [3.63, 3.8) is 0 Å². The van der Waals surface area contributed by atoms with Gasteiger partial charge in [0.15, 0.2) is 11.7 Å². The molecule has 0 aliphatic carbocycles. The van der Waals surface area contributed by atoms with Crippen LogP contribution in [0.5, 0.6) is 0 Å². The zero-order valence-electron chi connectivity index (χ0n) is 11.5. The first-order valence-electron chi connectivity index (χ1n) is 6.19. The predicted molar refractivity (Wildman–Crippen MR) is 68.0 cm³/mol. The molecule has 0 aromatic carbocycles. The van der Waals surface area contributed by atoms with Crippen LogP contribution in [0.4, 0.5) is 0 Å². The Kier molecular flexibility index (Phi) is 5.15. The van der Waals surface area contributed by atoms with E-state index in [4.69, 9.17) is 9.15 Å². The fourth-order valence-corrected chi connectivity index (χ4v) is 1.44. The Hall–Kier alpha value is -0.870. The number of nitrogens with zero attached hydrogens (tertiary/aromatic N) is 1. The highest BCUT2D eigenvalue weighted by molar-refractivity contribution is 5.03. The van der Waals surface area contributed by atoms with Crippen LogP contribution >= 0.6 is 0 Å². The molecule has 1 aromatic heterocycles. The number of methoxy groups -OCH3 is 1. The zero-order chi connectivity index (χ0) is 12.9. The van der Waals surface area contributed by atoms with E-state index in [0.29, 0.717) is 6.04 Å². The van der Waals surface area contributed by atoms with E-state index in [2.05, 4.69) is 24.1 Å². The average molecular weight is 240 g/mol. The summed E-state index contributed by atoms with van der Waals surface area (Å²) in [6, 6.07) is 0.530. The van der Waals surface area contributed by atoms with E-state index >= 15 is 0 Å². The molecule has 0 saturated heterocycles. The molecule has 0 bridgehead atoms. The monoisotopic (exact) mass is 240 g/mol. The van der Waals surface area contributed by atoms with Crippen molar-refractivity contribution in [2.45, 2.75) is 52.2 Å². The molecule has 0 unspecified atom stereocenters. The van der Waals surface area contributed by atoms with Gasteiger partial charge in [-0.15, -0.1) is 0 Å². The third-order valence-corrected chi connectivity index (χ3v) is 2.78. The second-order valence-electron chi connectivity index (χ2n) is 5.05. The number of hydrogen-bond donors (Lipinski definition) is 1. The minimum Gasteiger partial charge on any atom is -0.443 e. The van der Waals surface area contributed by atoms with E-state index in [0.717, 1.165) is 31.0 Å². The largest absolute Gasteiger partial charge is 0.443 e. The third-order valence-electron chi connectivity index (χ3n) is 2.78. The molecule has 98 valence electrons. The molecule has 0 radical (unpaired) electrons. The lowest BCUT2D eigenvalue weighted by Gasteiger charge is -2.18. The van der Waals surface area contributed by atoms with E-state index in [1.165, 1.54) is 0 Å². The zero-order valence-corrected chi connectivity index (χ0v) is 11.5. The van der Waals surface area contributed by atoms with E-state index in [1.807, 2.05) is 13.8 Å². The van der Waals surface area contributed by atoms with Crippen molar-refractivity contribution in [1.82, 2.24) is 10.3 Å². The fraction of sp³-hybridized carbons (Fsp3) is 0.769. The van der Waals surface area contributed by atoms with Crippen LogP contribution in [0.1, 0.15) is 45.8 Å². The summed E-state index contributed by atoms with van der Waals surface area (Å²) in [4.78, 5) is 4.27. The molecule has 17 heavy (non-hydrogen) atoms. The summed E-state index contributed by atoms with van der Waals surface area (Å²) >= 11 is 0. The van der Waals surface area contributed by atoms with E-state index in [9.17, 15) is 0 Å². The highest BCUT2D eigenvalue weighted by atomic mass is 16.5. The number of ether oxygens (including phenoxy) is 1. The summed E-state index contributed by atoms with van der Waals surface area (Å²) in [5.74, 6) is 1.57. The van der Waals surface area contributed by atoms with E-state index in [-0.39, 0.29) is 0 Å². The lowest BCUT2D eigenvalue weighted by molar-refractivity contribution is 0.0000951. The summed E-state index contributed by atoms with van der Waals surface area (Å²) in [5.41, 5.74) is -0.401. The molecule has 0 atom stereocenters. The van der Waals surface area contributed by atoms with Crippen molar-refractivity contribution in [3.05, 3.63) is 17.8 Å². The molecule has 4 nitrogen and oxygen atoms in total. The normalized spacial score (nSPS) is 12.4. The summed E-state index contributed by atoms with van der Waals surface area (Å²) < 4.78 is 11.0. The molecule has 1 rings (SSSR count). The van der Waals surface area contributed by atoms with E-state index < -0.39 is 5.60 Å². The first-order valence-corrected chi connectivity index (χ1v) is 6.19. The Morgan fingerprint density at radius 3 is 2.76 bits per heavy atom. The van der Waals surface area contributed by atoms with Crippen LogP contribution in [0.3, 0.4) is 0 Å². The summed E-state index contributed by atoms with van der Waals surface area (Å²) in [6.07, 6.45) is 3.65. The van der Waals surface area contributed by atoms with Crippen molar-refractivity contribution in [3.8, 4) is 0 Å². The quantitative estimate of drug-likeness (QED) is 0.744. The summed E-state index contributed by atoms with van der Waals surface area (Å²) in [7, 11) is 1.68. The van der Waals surface area contributed by atoms with Gasteiger partial charge in [0.2, 0.25) is 0 Å². The van der Waals surface area contributed by atoms with Crippen molar-refractivity contribution >= 4 is 0 Å². The molecular weight excluding hydrogens is 216 g/mol. The summed E-state index contributed by atoms with van der Waals surface area (Å²) in [5, 5.41) is 3.37. The van der Waals surface area contributed by atoms with Crippen molar-refractivity contribution in [1.29, 1.82) is 0 Å². The summed E-state index contributed by atoms with van der Waals surface area (Å²) in [6.45, 7) is 9.22. The second kappa shape index (κ2) is 6.17. The van der Waals surface area contributed by atoms with Crippen LogP contribution in [0.15, 0.2) is 10.6 Å². The first kappa shape index (κ1) is 14.2. The van der Waals surface area contributed by atoms with Gasteiger partial charge in [-0.2, -0.15) is 0 Å². The van der Waals surface area contributed by atoms with Crippen LogP contribution in [0.25, 0.3) is 0 Å². The van der Waals surface area contributed by atoms with Gasteiger partial charge >= 0.3 is 0 Å². The molecule has 1 heterocycles. The van der Waals surface area contributed by atoms with Gasteiger partial charge in [0.05, 0.1) is 6.20 Å². The van der Waals surface area contributed by atoms with Crippen LogP contribution in [0, 0.1) is 0 Å². The van der Waals surface area contributed by atoms with Crippen molar-refractivity contribution in [2.75, 3.05) is 13.7 Å². The molecule has 0 spiro atoms. The maximum Gasteiger partial charge on any atom is 0.194 e. The Morgan fingerprint density at radius 2 is 2.18 bits per heavy atom. The molecule has 0 aliphatic rings. The number of aromatic nitrogens is 1. The lowest BCUT2D eigenvalue weighted by atomic mass is 10.1. The Bertz CT molecular complexity index is 332. The maximum atomic E-state index is 5.68. The van der Waals surface area contributed by atoms with Crippen molar-refractivity contribution in [2.24, 2.45) is 0 Å². The highest BCUT2D eigenvalue weighted by Gasteiger charge is 2.24. The molecule has 0 amide bonds. The van der Waals surface area contributed by atoms with Crippen LogP contribution in [-0.2, 0) is 16.8 Å². The molecule has 1 N–H and O–H groups in total. The van der Waals surface area contributed by atoms with Gasteiger partial charge < -0.3 is 14.5 Å². The van der Waals surface area contributed by atoms with Gasteiger partial charge in [-0.1, -0.05) is 13.8 Å². The average Bonchev–Trinajstić information content (AvgIpc) is 2.73. The molecule has 0 fully saturated rings. The van der Waals surface area contributed by atoms with Crippen molar-refractivity contribution < 1.29 is 9.15 Å². The number of rotatable bonds is 7. The standard InChI is InChI=1S/C13H24N2O2/c1-10(2)14-8-6-7-12-15-9-11(17-12)13(3,4)16-5/h9-10,14H,6-8H2,1-5H3. The second-order valence-corrected chi connectivity index (χ2v) is 5.05. The molecular formula is C13H24N2O2. The molecule has 4 heteroatoms. The van der Waals surface area contributed by atoms with Crippen LogP contribution in [0.2, 0.25) is 0 Å². The predicted octanol–water partition coefficient (Wildman–Crippen LogP) is 2.49. The lowest BCUT2D eigenvalue weighted by Crippen LogP contribution is -2.23. The first-order chi connectivity index (χ1) is 7.95. The molecule has 0 saturated carbocycles. The molecule has 0 aliphatic heterocycles. The Balaban J connectivity index is 2.41. The third kappa shape index (κ3) is 4.48. The van der Waals surface area contributed by atoms with Gasteiger partial charge in [-0.25, -0.2) is 4.98 Å². The van der Waals surface area contributed by atoms with Crippen LogP contribution in [-0.4, -0.2) is 24.7 Å². The van der Waals surface area contributed by atoms with Crippen LogP contribution < -0.4 is 5.32 Å². The van der Waals surface area contributed by atoms with Gasteiger partial charge in [-0.3, -0.25) is 0 Å². The van der Waals surface area contributed by atoms with E-state index in [1.54, 1.807) is 13.3 Å². The number of aryl methyl sites for hydroxylation is 1. The van der Waals surface area contributed by atoms with Gasteiger partial charge in [-0.05, 0) is 26.8 Å². The minimum atomic E-state index is -0.401. The SMILES string of the molecule is COC(C)(C)c1cnc(CCCNC(C)C)o1. The Morgan fingerprint density at radius 1 is 1.47 bits per heavy atom. The van der Waals surface area contributed by atoms with Gasteiger partial charge in [0.25, 0.3) is 0 Å².